The van der Waals surface area contributed by atoms with Crippen LogP contribution in [0.5, 0.6) is 0 Å². The number of alkyl halides is 1. The summed E-state index contributed by atoms with van der Waals surface area (Å²) in [7, 11) is 0. The molecule has 3 nitrogen and oxygen atoms in total. The highest BCUT2D eigenvalue weighted by Gasteiger charge is 2.28. The fourth-order valence-corrected chi connectivity index (χ4v) is 2.31. The molecule has 0 aliphatic carbocycles. The van der Waals surface area contributed by atoms with Crippen LogP contribution in [0.4, 0.5) is 10.5 Å². The fourth-order valence-electron chi connectivity index (χ4n) is 1.75. The van der Waals surface area contributed by atoms with Gasteiger partial charge in [0.25, 0.3) is 0 Å². The molecule has 1 aromatic rings. The highest BCUT2D eigenvalue weighted by molar-refractivity contribution is 9.09. The summed E-state index contributed by atoms with van der Waals surface area (Å²) in [6.45, 7) is 2.28. The van der Waals surface area contributed by atoms with E-state index in [9.17, 15) is 4.79 Å². The SMILES string of the molecule is O=C1N(CCBr)CCN1c1ccc(Cl)cc1. The molecule has 16 heavy (non-hydrogen) atoms. The number of benzene rings is 1. The maximum Gasteiger partial charge on any atom is 0.324 e. The summed E-state index contributed by atoms with van der Waals surface area (Å²) in [5.41, 5.74) is 0.909. The molecule has 0 atom stereocenters. The first-order valence-corrected chi connectivity index (χ1v) is 6.60. The number of hydrogen-bond acceptors (Lipinski definition) is 1. The van der Waals surface area contributed by atoms with Gasteiger partial charge in [-0.2, -0.15) is 0 Å². The topological polar surface area (TPSA) is 23.6 Å². The van der Waals surface area contributed by atoms with Crippen LogP contribution in [0.15, 0.2) is 24.3 Å². The lowest BCUT2D eigenvalue weighted by molar-refractivity contribution is 0.223. The number of anilines is 1. The number of nitrogens with zero attached hydrogens (tertiary/aromatic N) is 2. The smallest absolute Gasteiger partial charge is 0.322 e. The summed E-state index contributed by atoms with van der Waals surface area (Å²) < 4.78 is 0. The van der Waals surface area contributed by atoms with Gasteiger partial charge in [-0.25, -0.2) is 4.79 Å². The first-order chi connectivity index (χ1) is 7.72. The lowest BCUT2D eigenvalue weighted by Gasteiger charge is -2.17. The molecule has 0 radical (unpaired) electrons. The van der Waals surface area contributed by atoms with E-state index in [0.717, 1.165) is 30.7 Å². The third-order valence-corrected chi connectivity index (χ3v) is 3.19. The number of hydrogen-bond donors (Lipinski definition) is 0. The van der Waals surface area contributed by atoms with Crippen LogP contribution in [-0.2, 0) is 0 Å². The van der Waals surface area contributed by atoms with Crippen molar-refractivity contribution < 1.29 is 4.79 Å². The molecule has 5 heteroatoms. The van der Waals surface area contributed by atoms with Crippen LogP contribution < -0.4 is 4.90 Å². The Balaban J connectivity index is 2.12. The Kier molecular flexibility index (Phi) is 3.71. The van der Waals surface area contributed by atoms with E-state index in [4.69, 9.17) is 11.6 Å². The average Bonchev–Trinajstić information content (AvgIpc) is 2.63. The van der Waals surface area contributed by atoms with Crippen LogP contribution >= 0.6 is 27.5 Å². The Morgan fingerprint density at radius 1 is 1.25 bits per heavy atom. The zero-order valence-corrected chi connectivity index (χ0v) is 11.0. The number of amides is 2. The van der Waals surface area contributed by atoms with Crippen LogP contribution in [0.25, 0.3) is 0 Å². The third-order valence-electron chi connectivity index (χ3n) is 2.59. The molecular formula is C11H12BrClN2O. The first kappa shape index (κ1) is 11.7. The van der Waals surface area contributed by atoms with Gasteiger partial charge in [0.05, 0.1) is 0 Å². The standard InChI is InChI=1S/C11H12BrClN2O/c12-5-6-14-7-8-15(11(14)16)10-3-1-9(13)2-4-10/h1-4H,5-8H2. The van der Waals surface area contributed by atoms with Crippen molar-refractivity contribution in [3.63, 3.8) is 0 Å². The van der Waals surface area contributed by atoms with Gasteiger partial charge < -0.3 is 4.90 Å². The van der Waals surface area contributed by atoms with Crippen molar-refractivity contribution in [1.29, 1.82) is 0 Å². The van der Waals surface area contributed by atoms with Crippen molar-refractivity contribution in [1.82, 2.24) is 4.90 Å². The van der Waals surface area contributed by atoms with E-state index < -0.39 is 0 Å². The highest BCUT2D eigenvalue weighted by Crippen LogP contribution is 2.22. The number of halogens is 2. The second kappa shape index (κ2) is 5.06. The van der Waals surface area contributed by atoms with Crippen LogP contribution in [0.2, 0.25) is 5.02 Å². The highest BCUT2D eigenvalue weighted by atomic mass is 79.9. The largest absolute Gasteiger partial charge is 0.324 e. The summed E-state index contributed by atoms with van der Waals surface area (Å²) in [4.78, 5) is 15.6. The molecule has 0 aromatic heterocycles. The van der Waals surface area contributed by atoms with Crippen LogP contribution in [-0.4, -0.2) is 35.9 Å². The molecule has 1 heterocycles. The van der Waals surface area contributed by atoms with Crippen molar-refractivity contribution in [3.05, 3.63) is 29.3 Å². The van der Waals surface area contributed by atoms with E-state index in [2.05, 4.69) is 15.9 Å². The van der Waals surface area contributed by atoms with Gasteiger partial charge >= 0.3 is 6.03 Å². The number of carbonyl (C=O) groups is 1. The molecule has 0 unspecified atom stereocenters. The molecule has 1 saturated heterocycles. The van der Waals surface area contributed by atoms with E-state index in [1.165, 1.54) is 0 Å². The third kappa shape index (κ3) is 2.33. The average molecular weight is 304 g/mol. The van der Waals surface area contributed by atoms with E-state index in [1.807, 2.05) is 17.0 Å². The molecular weight excluding hydrogens is 291 g/mol. The summed E-state index contributed by atoms with van der Waals surface area (Å²) in [6, 6.07) is 7.42. The first-order valence-electron chi connectivity index (χ1n) is 5.10. The van der Waals surface area contributed by atoms with Crippen molar-refractivity contribution in [2.75, 3.05) is 29.9 Å². The van der Waals surface area contributed by atoms with Crippen molar-refractivity contribution >= 4 is 39.2 Å². The van der Waals surface area contributed by atoms with Crippen LogP contribution in [0, 0.1) is 0 Å². The quantitative estimate of drug-likeness (QED) is 0.788. The van der Waals surface area contributed by atoms with Gasteiger partial charge in [-0.05, 0) is 24.3 Å². The maximum atomic E-state index is 12.0. The zero-order chi connectivity index (χ0) is 11.5. The molecule has 0 bridgehead atoms. The normalized spacial score (nSPS) is 16.0. The minimum atomic E-state index is 0.0711. The molecule has 0 N–H and O–H groups in total. The molecule has 2 rings (SSSR count). The van der Waals surface area contributed by atoms with Gasteiger partial charge in [-0.3, -0.25) is 4.90 Å². The Bertz CT molecular complexity index is 382. The summed E-state index contributed by atoms with van der Waals surface area (Å²) >= 11 is 9.16. The van der Waals surface area contributed by atoms with Crippen molar-refractivity contribution in [2.24, 2.45) is 0 Å². The van der Waals surface area contributed by atoms with Gasteiger partial charge in [-0.15, -0.1) is 0 Å². The summed E-state index contributed by atoms with van der Waals surface area (Å²) in [6.07, 6.45) is 0. The Labute approximate surface area is 108 Å². The van der Waals surface area contributed by atoms with Gasteiger partial charge in [-0.1, -0.05) is 27.5 Å². The molecule has 2 amide bonds. The van der Waals surface area contributed by atoms with Crippen molar-refractivity contribution in [3.8, 4) is 0 Å². The zero-order valence-electron chi connectivity index (χ0n) is 8.70. The second-order valence-electron chi connectivity index (χ2n) is 3.59. The van der Waals surface area contributed by atoms with Gasteiger partial charge in [0.1, 0.15) is 0 Å². The predicted octanol–water partition coefficient (Wildman–Crippen LogP) is 2.98. The van der Waals surface area contributed by atoms with Crippen LogP contribution in [0.3, 0.4) is 0 Å². The fraction of sp³-hybridized carbons (Fsp3) is 0.364. The van der Waals surface area contributed by atoms with E-state index in [1.54, 1.807) is 17.0 Å². The second-order valence-corrected chi connectivity index (χ2v) is 4.82. The van der Waals surface area contributed by atoms with E-state index in [-0.39, 0.29) is 6.03 Å². The molecule has 1 fully saturated rings. The number of carbonyl (C=O) groups excluding carboxylic acids is 1. The summed E-state index contributed by atoms with van der Waals surface area (Å²) in [5, 5.41) is 1.50. The molecule has 0 spiro atoms. The molecule has 1 aliphatic rings. The number of rotatable bonds is 3. The Morgan fingerprint density at radius 3 is 2.56 bits per heavy atom. The van der Waals surface area contributed by atoms with Gasteiger partial charge in [0.15, 0.2) is 0 Å². The summed E-state index contributed by atoms with van der Waals surface area (Å²) in [5.74, 6) is 0. The lowest BCUT2D eigenvalue weighted by Crippen LogP contribution is -2.32. The maximum absolute atomic E-state index is 12.0. The lowest BCUT2D eigenvalue weighted by atomic mass is 10.3. The molecule has 86 valence electrons. The minimum Gasteiger partial charge on any atom is -0.322 e. The molecule has 1 aliphatic heterocycles. The molecule has 1 aromatic carbocycles. The Morgan fingerprint density at radius 2 is 1.94 bits per heavy atom. The minimum absolute atomic E-state index is 0.0711. The number of urea groups is 1. The predicted molar refractivity (Wildman–Crippen MR) is 69.6 cm³/mol. The van der Waals surface area contributed by atoms with Gasteiger partial charge in [0, 0.05) is 35.7 Å². The van der Waals surface area contributed by atoms with Crippen LogP contribution in [0.1, 0.15) is 0 Å². The van der Waals surface area contributed by atoms with E-state index in [0.29, 0.717) is 5.02 Å². The monoisotopic (exact) mass is 302 g/mol. The molecule has 0 saturated carbocycles. The van der Waals surface area contributed by atoms with Crippen molar-refractivity contribution in [2.45, 2.75) is 0 Å². The van der Waals surface area contributed by atoms with Gasteiger partial charge in [0.2, 0.25) is 0 Å². The Hall–Kier alpha value is -0.740. The van der Waals surface area contributed by atoms with E-state index >= 15 is 0 Å².